The Hall–Kier alpha value is -2.58. The Labute approximate surface area is 183 Å². The number of rotatable bonds is 3. The molecule has 170 valence electrons. The summed E-state index contributed by atoms with van der Waals surface area (Å²) in [6.45, 7) is 0.0655. The number of hydrogen-bond acceptors (Lipinski definition) is 5. The molecule has 3 rings (SSSR count). The summed E-state index contributed by atoms with van der Waals surface area (Å²) in [6.07, 6.45) is 12.5. The Bertz CT molecular complexity index is 927. The maximum Gasteiger partial charge on any atom is 0.317 e. The van der Waals surface area contributed by atoms with Crippen LogP contribution in [0.4, 0.5) is 4.79 Å². The normalized spacial score (nSPS) is 30.8. The van der Waals surface area contributed by atoms with E-state index in [-0.39, 0.29) is 13.0 Å². The van der Waals surface area contributed by atoms with Gasteiger partial charge in [-0.15, -0.1) is 6.42 Å². The van der Waals surface area contributed by atoms with E-state index in [1.807, 2.05) is 6.08 Å². The molecule has 0 aromatic rings. The van der Waals surface area contributed by atoms with Crippen molar-refractivity contribution >= 4 is 28.1 Å². The molecule has 0 aromatic heterocycles. The molecule has 0 bridgehead atoms. The van der Waals surface area contributed by atoms with E-state index >= 15 is 0 Å². The van der Waals surface area contributed by atoms with Gasteiger partial charge in [0, 0.05) is 26.1 Å². The van der Waals surface area contributed by atoms with Gasteiger partial charge in [-0.2, -0.15) is 12.7 Å². The van der Waals surface area contributed by atoms with Crippen LogP contribution >= 0.6 is 0 Å². The first-order valence-corrected chi connectivity index (χ1v) is 11.8. The van der Waals surface area contributed by atoms with Crippen LogP contribution in [0.3, 0.4) is 0 Å². The minimum absolute atomic E-state index is 0.103. The van der Waals surface area contributed by atoms with Crippen LogP contribution in [0.15, 0.2) is 12.2 Å². The third-order valence-corrected chi connectivity index (χ3v) is 8.16. The molecule has 1 saturated carbocycles. The van der Waals surface area contributed by atoms with Crippen LogP contribution in [0.25, 0.3) is 0 Å². The van der Waals surface area contributed by atoms with Gasteiger partial charge in [-0.1, -0.05) is 18.1 Å². The van der Waals surface area contributed by atoms with E-state index < -0.39 is 52.1 Å². The summed E-state index contributed by atoms with van der Waals surface area (Å²) in [6, 6.07) is -1.20. The molecule has 0 aromatic carbocycles. The number of terminal acetylenes is 1. The van der Waals surface area contributed by atoms with Crippen LogP contribution in [0, 0.1) is 18.3 Å². The molecule has 2 heterocycles. The topological polar surface area (TPSA) is 133 Å². The summed E-state index contributed by atoms with van der Waals surface area (Å²) >= 11 is 0. The van der Waals surface area contributed by atoms with Gasteiger partial charge in [-0.25, -0.2) is 9.10 Å². The zero-order valence-electron chi connectivity index (χ0n) is 17.6. The highest BCUT2D eigenvalue weighted by Crippen LogP contribution is 2.51. The number of allylic oxidation sites excluding steroid dienone is 1. The van der Waals surface area contributed by atoms with E-state index in [0.29, 0.717) is 30.1 Å². The van der Waals surface area contributed by atoms with Gasteiger partial charge in [0.2, 0.25) is 5.91 Å². The van der Waals surface area contributed by atoms with E-state index in [1.165, 1.54) is 4.90 Å². The molecule has 0 radical (unpaired) electrons. The van der Waals surface area contributed by atoms with E-state index in [0.717, 1.165) is 17.1 Å². The molecule has 2 fully saturated rings. The average molecular weight is 452 g/mol. The van der Waals surface area contributed by atoms with E-state index in [1.54, 1.807) is 13.1 Å². The lowest BCUT2D eigenvalue weighted by atomic mass is 10.1. The molecule has 2 aliphatic heterocycles. The van der Waals surface area contributed by atoms with Crippen molar-refractivity contribution in [2.24, 2.45) is 11.7 Å². The predicted molar refractivity (Wildman–Crippen MR) is 113 cm³/mol. The zero-order chi connectivity index (χ0) is 22.8. The van der Waals surface area contributed by atoms with Crippen molar-refractivity contribution in [1.82, 2.24) is 18.8 Å². The number of carbonyl (C=O) groups excluding carboxylic acids is 3. The Balaban J connectivity index is 2.02. The lowest BCUT2D eigenvalue weighted by Crippen LogP contribution is -2.60. The summed E-state index contributed by atoms with van der Waals surface area (Å²) in [5.74, 6) is 0.109. The lowest BCUT2D eigenvalue weighted by molar-refractivity contribution is -0.134. The van der Waals surface area contributed by atoms with Crippen molar-refractivity contribution < 1.29 is 22.8 Å². The summed E-state index contributed by atoms with van der Waals surface area (Å²) in [5.41, 5.74) is 3.96. The van der Waals surface area contributed by atoms with Crippen molar-refractivity contribution in [1.29, 1.82) is 0 Å². The molecular formula is C20H29N5O5S. The van der Waals surface area contributed by atoms with Crippen LogP contribution in [-0.4, -0.2) is 78.0 Å². The smallest absolute Gasteiger partial charge is 0.317 e. The Morgan fingerprint density at radius 2 is 2.03 bits per heavy atom. The Kier molecular flexibility index (Phi) is 6.62. The summed E-state index contributed by atoms with van der Waals surface area (Å²) in [5, 5.41) is 2.45. The number of carbonyl (C=O) groups is 3. The Morgan fingerprint density at radius 1 is 1.29 bits per heavy atom. The molecule has 4 amide bonds. The monoisotopic (exact) mass is 451 g/mol. The number of nitrogens with two attached hydrogens (primary N) is 1. The lowest BCUT2D eigenvalue weighted by Gasteiger charge is -2.34. The standard InChI is InChI=1S/C20H29N5O5S/c1-3-16-10-8-12-24(16)31(29,30)25-17(26)14-22-19(28)23(2)11-7-5-4-6-9-15-13-20(15,25)18(21)27/h1,6,9,15-16H,4-5,7-8,10-14H2,2H3,(H2,21,27)(H,22,28). The first-order chi connectivity index (χ1) is 14.7. The second kappa shape index (κ2) is 8.88. The number of nitrogens with one attached hydrogen (secondary N) is 1. The second-order valence-electron chi connectivity index (χ2n) is 8.20. The van der Waals surface area contributed by atoms with Gasteiger partial charge in [0.25, 0.3) is 5.91 Å². The Morgan fingerprint density at radius 3 is 2.71 bits per heavy atom. The van der Waals surface area contributed by atoms with E-state index in [2.05, 4.69) is 11.2 Å². The molecule has 0 spiro atoms. The second-order valence-corrected chi connectivity index (χ2v) is 9.93. The van der Waals surface area contributed by atoms with E-state index in [9.17, 15) is 22.8 Å². The van der Waals surface area contributed by atoms with Crippen LogP contribution in [0.1, 0.15) is 38.5 Å². The highest BCUT2D eigenvalue weighted by atomic mass is 32.2. The van der Waals surface area contributed by atoms with Crippen LogP contribution in [-0.2, 0) is 19.8 Å². The van der Waals surface area contributed by atoms with Gasteiger partial charge in [0.1, 0.15) is 5.54 Å². The third-order valence-electron chi connectivity index (χ3n) is 6.14. The number of nitrogens with zero attached hydrogens (tertiary/aromatic N) is 3. The van der Waals surface area contributed by atoms with Gasteiger partial charge in [0.15, 0.2) is 0 Å². The zero-order valence-corrected chi connectivity index (χ0v) is 18.4. The van der Waals surface area contributed by atoms with Gasteiger partial charge >= 0.3 is 16.2 Å². The molecule has 3 aliphatic rings. The van der Waals surface area contributed by atoms with Crippen LogP contribution in [0.2, 0.25) is 0 Å². The number of amides is 4. The van der Waals surface area contributed by atoms with Gasteiger partial charge < -0.3 is 16.0 Å². The van der Waals surface area contributed by atoms with Gasteiger partial charge in [-0.05, 0) is 38.5 Å². The molecule has 10 nitrogen and oxygen atoms in total. The summed E-state index contributed by atoms with van der Waals surface area (Å²) in [4.78, 5) is 39.4. The number of urea groups is 1. The van der Waals surface area contributed by atoms with Crippen LogP contribution < -0.4 is 11.1 Å². The summed E-state index contributed by atoms with van der Waals surface area (Å²) < 4.78 is 28.8. The van der Waals surface area contributed by atoms with Crippen molar-refractivity contribution in [3.05, 3.63) is 12.2 Å². The molecule has 31 heavy (non-hydrogen) atoms. The predicted octanol–water partition coefficient (Wildman–Crippen LogP) is -0.217. The van der Waals surface area contributed by atoms with Gasteiger partial charge in [-0.3, -0.25) is 9.59 Å². The quantitative estimate of drug-likeness (QED) is 0.452. The van der Waals surface area contributed by atoms with Crippen molar-refractivity contribution in [3.8, 4) is 12.3 Å². The minimum Gasteiger partial charge on any atom is -0.368 e. The first kappa shape index (κ1) is 23.1. The highest BCUT2D eigenvalue weighted by molar-refractivity contribution is 7.87. The van der Waals surface area contributed by atoms with Crippen molar-refractivity contribution in [3.63, 3.8) is 0 Å². The summed E-state index contributed by atoms with van der Waals surface area (Å²) in [7, 11) is -2.85. The molecule has 3 unspecified atom stereocenters. The maximum absolute atomic E-state index is 13.6. The van der Waals surface area contributed by atoms with Crippen LogP contribution in [0.5, 0.6) is 0 Å². The average Bonchev–Trinajstić information content (AvgIpc) is 3.21. The highest BCUT2D eigenvalue weighted by Gasteiger charge is 2.67. The molecule has 3 atom stereocenters. The van der Waals surface area contributed by atoms with Gasteiger partial charge in [0.05, 0.1) is 12.6 Å². The molecule has 11 heteroatoms. The fraction of sp³-hybridized carbons (Fsp3) is 0.650. The fourth-order valence-corrected chi connectivity index (χ4v) is 6.39. The molecular weight excluding hydrogens is 422 g/mol. The number of hydrogen-bond donors (Lipinski definition) is 2. The van der Waals surface area contributed by atoms with E-state index in [4.69, 9.17) is 12.2 Å². The SMILES string of the molecule is C#CC1CCCN1S(=O)(=O)N1C(=O)CNC(=O)N(C)CCCCC=CC2CC21C(N)=O. The maximum atomic E-state index is 13.6. The molecule has 3 N–H and O–H groups in total. The van der Waals surface area contributed by atoms with Crippen molar-refractivity contribution in [2.45, 2.75) is 50.1 Å². The first-order valence-electron chi connectivity index (χ1n) is 10.4. The molecule has 1 aliphatic carbocycles. The number of fused-ring (bicyclic) bond motifs is 1. The fourth-order valence-electron chi connectivity index (χ4n) is 4.30. The van der Waals surface area contributed by atoms with Crippen molar-refractivity contribution in [2.75, 3.05) is 26.7 Å². The third kappa shape index (κ3) is 4.27. The molecule has 1 saturated heterocycles. The number of primary amides is 1. The minimum atomic E-state index is -4.44. The largest absolute Gasteiger partial charge is 0.368 e.